The molecule has 0 bridgehead atoms. The van der Waals surface area contributed by atoms with E-state index in [0.717, 1.165) is 11.1 Å². The average Bonchev–Trinajstić information content (AvgIpc) is 2.79. The van der Waals surface area contributed by atoms with E-state index in [9.17, 15) is 9.18 Å². The van der Waals surface area contributed by atoms with Crippen LogP contribution in [0.2, 0.25) is 0 Å². The van der Waals surface area contributed by atoms with Crippen LogP contribution in [0.5, 0.6) is 11.6 Å². The first kappa shape index (κ1) is 19.2. The molecule has 6 nitrogen and oxygen atoms in total. The largest absolute Gasteiger partial charge is 0.439 e. The number of carbonyl (C=O) groups excluding carboxylic acids is 1. The van der Waals surface area contributed by atoms with Crippen molar-refractivity contribution in [2.75, 3.05) is 0 Å². The molecule has 148 valence electrons. The van der Waals surface area contributed by atoms with Gasteiger partial charge in [0.1, 0.15) is 11.6 Å². The first-order chi connectivity index (χ1) is 14.7. The zero-order chi connectivity index (χ0) is 20.8. The summed E-state index contributed by atoms with van der Waals surface area (Å²) in [5.74, 6) is 0.593. The summed E-state index contributed by atoms with van der Waals surface area (Å²) in [5, 5.41) is 2.80. The molecule has 0 saturated carbocycles. The zero-order valence-corrected chi connectivity index (χ0v) is 15.8. The van der Waals surface area contributed by atoms with Gasteiger partial charge in [0.2, 0.25) is 5.88 Å². The molecular weight excluding hydrogens is 383 g/mol. The first-order valence-corrected chi connectivity index (χ1v) is 9.21. The molecule has 0 spiro atoms. The van der Waals surface area contributed by atoms with Crippen molar-refractivity contribution in [2.24, 2.45) is 0 Å². The van der Waals surface area contributed by atoms with Crippen LogP contribution >= 0.6 is 0 Å². The quantitative estimate of drug-likeness (QED) is 0.519. The lowest BCUT2D eigenvalue weighted by Crippen LogP contribution is -2.23. The van der Waals surface area contributed by atoms with Gasteiger partial charge in [-0.15, -0.1) is 0 Å². The van der Waals surface area contributed by atoms with Crippen LogP contribution in [0.4, 0.5) is 4.39 Å². The van der Waals surface area contributed by atoms with Crippen LogP contribution in [0, 0.1) is 5.82 Å². The number of nitrogens with zero attached hydrogens (tertiary/aromatic N) is 3. The molecule has 0 aliphatic heterocycles. The highest BCUT2D eigenvalue weighted by molar-refractivity contribution is 5.93. The zero-order valence-electron chi connectivity index (χ0n) is 15.8. The number of rotatable bonds is 6. The smallest absolute Gasteiger partial charge is 0.254 e. The maximum Gasteiger partial charge on any atom is 0.254 e. The number of carbonyl (C=O) groups is 1. The Morgan fingerprint density at radius 2 is 1.70 bits per heavy atom. The van der Waals surface area contributed by atoms with Crippen molar-refractivity contribution in [1.82, 2.24) is 20.3 Å². The maximum absolute atomic E-state index is 13.2. The Labute approximate surface area is 172 Å². The molecule has 7 heteroatoms. The number of benzene rings is 2. The summed E-state index contributed by atoms with van der Waals surface area (Å²) < 4.78 is 18.7. The van der Waals surface area contributed by atoms with E-state index in [0.29, 0.717) is 23.0 Å². The second kappa shape index (κ2) is 8.91. The predicted octanol–water partition coefficient (Wildman–Crippen LogP) is 4.40. The lowest BCUT2D eigenvalue weighted by Gasteiger charge is -2.07. The van der Waals surface area contributed by atoms with Crippen molar-refractivity contribution in [3.63, 3.8) is 0 Å². The fraction of sp³-hybridized carbons (Fsp3) is 0.0435. The van der Waals surface area contributed by atoms with Gasteiger partial charge < -0.3 is 10.1 Å². The highest BCUT2D eigenvalue weighted by atomic mass is 19.1. The van der Waals surface area contributed by atoms with Gasteiger partial charge in [-0.3, -0.25) is 4.79 Å². The minimum Gasteiger partial charge on any atom is -0.439 e. The number of nitrogens with one attached hydrogen (secondary N) is 1. The van der Waals surface area contributed by atoms with E-state index in [1.165, 1.54) is 24.5 Å². The summed E-state index contributed by atoms with van der Waals surface area (Å²) in [6.45, 7) is 0.284. The average molecular weight is 400 g/mol. The van der Waals surface area contributed by atoms with Gasteiger partial charge >= 0.3 is 0 Å². The highest BCUT2D eigenvalue weighted by Crippen LogP contribution is 2.20. The SMILES string of the molecule is O=C(NCc1ccc(Oc2cccc(F)c2)nc1)c1cnc(-c2ccccc2)nc1. The van der Waals surface area contributed by atoms with Gasteiger partial charge in [-0.05, 0) is 17.7 Å². The number of hydrogen-bond acceptors (Lipinski definition) is 5. The third kappa shape index (κ3) is 4.82. The van der Waals surface area contributed by atoms with E-state index in [4.69, 9.17) is 4.74 Å². The van der Waals surface area contributed by atoms with Gasteiger partial charge in [-0.1, -0.05) is 42.5 Å². The third-order valence-electron chi connectivity index (χ3n) is 4.22. The van der Waals surface area contributed by atoms with E-state index in [2.05, 4.69) is 20.3 Å². The van der Waals surface area contributed by atoms with Crippen molar-refractivity contribution in [3.05, 3.63) is 102 Å². The molecule has 4 aromatic rings. The molecule has 0 saturated heterocycles. The Hall–Kier alpha value is -4.13. The number of halogens is 1. The van der Waals surface area contributed by atoms with Gasteiger partial charge in [0.25, 0.3) is 5.91 Å². The summed E-state index contributed by atoms with van der Waals surface area (Å²) in [4.78, 5) is 25.0. The van der Waals surface area contributed by atoms with Crippen LogP contribution in [-0.2, 0) is 6.54 Å². The molecule has 0 unspecified atom stereocenters. The summed E-state index contributed by atoms with van der Waals surface area (Å²) in [6, 6.07) is 18.8. The molecular formula is C23H17FN4O2. The second-order valence-electron chi connectivity index (χ2n) is 6.41. The molecule has 30 heavy (non-hydrogen) atoms. The standard InChI is InChI=1S/C23H17FN4O2/c24-19-7-4-8-20(11-19)30-21-10-9-16(12-25-21)13-28-23(29)18-14-26-22(27-15-18)17-5-2-1-3-6-17/h1-12,14-15H,13H2,(H,28,29). The van der Waals surface area contributed by atoms with Crippen molar-refractivity contribution in [2.45, 2.75) is 6.54 Å². The Morgan fingerprint density at radius 1 is 0.900 bits per heavy atom. The first-order valence-electron chi connectivity index (χ1n) is 9.21. The molecule has 4 rings (SSSR count). The number of hydrogen-bond donors (Lipinski definition) is 1. The molecule has 1 N–H and O–H groups in total. The van der Waals surface area contributed by atoms with Gasteiger partial charge in [0.15, 0.2) is 5.82 Å². The maximum atomic E-state index is 13.2. The molecule has 2 aromatic carbocycles. The fourth-order valence-electron chi connectivity index (χ4n) is 2.69. The molecule has 0 fully saturated rings. The molecule has 0 atom stereocenters. The number of ether oxygens (including phenoxy) is 1. The van der Waals surface area contributed by atoms with Gasteiger partial charge in [0.05, 0.1) is 5.56 Å². The van der Waals surface area contributed by atoms with Crippen LogP contribution in [0.15, 0.2) is 85.3 Å². The summed E-state index contributed by atoms with van der Waals surface area (Å²) >= 11 is 0. The predicted molar refractivity (Wildman–Crippen MR) is 109 cm³/mol. The van der Waals surface area contributed by atoms with Crippen LogP contribution in [0.25, 0.3) is 11.4 Å². The molecule has 0 aliphatic carbocycles. The molecule has 2 aromatic heterocycles. The number of aromatic nitrogens is 3. The highest BCUT2D eigenvalue weighted by Gasteiger charge is 2.08. The third-order valence-corrected chi connectivity index (χ3v) is 4.22. The van der Waals surface area contributed by atoms with Crippen LogP contribution in [0.3, 0.4) is 0 Å². The van der Waals surface area contributed by atoms with Crippen molar-refractivity contribution >= 4 is 5.91 Å². The van der Waals surface area contributed by atoms with E-state index in [1.54, 1.807) is 30.5 Å². The van der Waals surface area contributed by atoms with E-state index in [1.807, 2.05) is 30.3 Å². The van der Waals surface area contributed by atoms with Crippen molar-refractivity contribution in [3.8, 4) is 23.0 Å². The number of pyridine rings is 1. The lowest BCUT2D eigenvalue weighted by atomic mass is 10.2. The Morgan fingerprint density at radius 3 is 2.40 bits per heavy atom. The van der Waals surface area contributed by atoms with Gasteiger partial charge in [0, 0.05) is 42.8 Å². The topological polar surface area (TPSA) is 77.0 Å². The Kier molecular flexibility index (Phi) is 5.70. The van der Waals surface area contributed by atoms with Gasteiger partial charge in [-0.25, -0.2) is 19.3 Å². The monoisotopic (exact) mass is 400 g/mol. The van der Waals surface area contributed by atoms with Crippen LogP contribution in [0.1, 0.15) is 15.9 Å². The second-order valence-corrected chi connectivity index (χ2v) is 6.41. The number of amides is 1. The minimum absolute atomic E-state index is 0.283. The van der Waals surface area contributed by atoms with Crippen molar-refractivity contribution < 1.29 is 13.9 Å². The fourth-order valence-corrected chi connectivity index (χ4v) is 2.69. The molecule has 1 amide bonds. The van der Waals surface area contributed by atoms with Crippen LogP contribution in [-0.4, -0.2) is 20.9 Å². The normalized spacial score (nSPS) is 10.4. The molecule has 2 heterocycles. The Balaban J connectivity index is 1.33. The van der Waals surface area contributed by atoms with Crippen LogP contribution < -0.4 is 10.1 Å². The minimum atomic E-state index is -0.382. The van der Waals surface area contributed by atoms with E-state index < -0.39 is 0 Å². The molecule has 0 aliphatic rings. The van der Waals surface area contributed by atoms with E-state index in [-0.39, 0.29) is 18.3 Å². The van der Waals surface area contributed by atoms with E-state index >= 15 is 0 Å². The summed E-state index contributed by atoms with van der Waals surface area (Å²) in [7, 11) is 0. The van der Waals surface area contributed by atoms with Crippen molar-refractivity contribution in [1.29, 1.82) is 0 Å². The molecule has 0 radical (unpaired) electrons. The summed E-state index contributed by atoms with van der Waals surface area (Å²) in [5.41, 5.74) is 2.04. The summed E-state index contributed by atoms with van der Waals surface area (Å²) in [6.07, 6.45) is 4.58. The lowest BCUT2D eigenvalue weighted by molar-refractivity contribution is 0.0950. The Bertz CT molecular complexity index is 1130. The van der Waals surface area contributed by atoms with Gasteiger partial charge in [-0.2, -0.15) is 0 Å².